The Hall–Kier alpha value is -1.10. The van der Waals surface area contributed by atoms with Crippen molar-refractivity contribution in [3.05, 3.63) is 0 Å². The molecule has 0 aliphatic carbocycles. The van der Waals surface area contributed by atoms with Gasteiger partial charge in [0, 0.05) is 11.1 Å². The fraction of sp³-hybridized carbons (Fsp3) is 0.800. The van der Waals surface area contributed by atoms with Gasteiger partial charge >= 0.3 is 0 Å². The summed E-state index contributed by atoms with van der Waals surface area (Å²) in [5.74, 6) is 0. The minimum Gasteiger partial charge on any atom is -0.293 e. The summed E-state index contributed by atoms with van der Waals surface area (Å²) in [5, 5.41) is 24.3. The van der Waals surface area contributed by atoms with Crippen molar-refractivity contribution >= 4 is 0 Å². The van der Waals surface area contributed by atoms with Crippen LogP contribution in [0.25, 0.3) is 0 Å². The number of nitriles is 2. The van der Waals surface area contributed by atoms with E-state index in [1.807, 2.05) is 27.7 Å². The quantitative estimate of drug-likeness (QED) is 0.587. The summed E-state index contributed by atoms with van der Waals surface area (Å²) >= 11 is 0. The average Bonchev–Trinajstić information content (AvgIpc) is 2.08. The molecule has 0 aromatic carbocycles. The van der Waals surface area contributed by atoms with Crippen molar-refractivity contribution in [3.8, 4) is 12.1 Å². The van der Waals surface area contributed by atoms with Crippen molar-refractivity contribution in [1.29, 1.82) is 10.5 Å². The van der Waals surface area contributed by atoms with Gasteiger partial charge in [0.1, 0.15) is 12.1 Å². The van der Waals surface area contributed by atoms with Crippen LogP contribution in [-0.4, -0.2) is 23.2 Å². The van der Waals surface area contributed by atoms with Gasteiger partial charge in [0.2, 0.25) is 0 Å². The first kappa shape index (κ1) is 11.0. The zero-order chi connectivity index (χ0) is 11.0. The van der Waals surface area contributed by atoms with E-state index in [-0.39, 0.29) is 23.2 Å². The van der Waals surface area contributed by atoms with Crippen LogP contribution in [0.1, 0.15) is 27.7 Å². The Morgan fingerprint density at radius 2 is 1.14 bits per heavy atom. The second kappa shape index (κ2) is 3.24. The van der Waals surface area contributed by atoms with Crippen molar-refractivity contribution in [3.63, 3.8) is 0 Å². The first-order chi connectivity index (χ1) is 6.33. The highest BCUT2D eigenvalue weighted by molar-refractivity contribution is 5.19. The molecule has 0 radical (unpaired) electrons. The van der Waals surface area contributed by atoms with Gasteiger partial charge in [0.15, 0.2) is 0 Å². The van der Waals surface area contributed by atoms with Crippen LogP contribution in [0.4, 0.5) is 0 Å². The summed E-state index contributed by atoms with van der Waals surface area (Å²) in [5.41, 5.74) is -0.741. The summed E-state index contributed by atoms with van der Waals surface area (Å²) in [6, 6.07) is 3.87. The molecule has 1 fully saturated rings. The lowest BCUT2D eigenvalue weighted by molar-refractivity contribution is 0.151. The molecule has 14 heavy (non-hydrogen) atoms. The molecule has 0 bridgehead atoms. The fourth-order valence-corrected chi connectivity index (χ4v) is 1.66. The number of nitrogens with one attached hydrogen (secondary N) is 2. The Morgan fingerprint density at radius 3 is 1.36 bits per heavy atom. The number of piperazine rings is 1. The molecule has 2 N–H and O–H groups in total. The molecule has 4 nitrogen and oxygen atoms in total. The van der Waals surface area contributed by atoms with Gasteiger partial charge in [0.25, 0.3) is 0 Å². The largest absolute Gasteiger partial charge is 0.293 e. The highest BCUT2D eigenvalue weighted by Gasteiger charge is 2.45. The van der Waals surface area contributed by atoms with Crippen LogP contribution in [0.5, 0.6) is 0 Å². The van der Waals surface area contributed by atoms with Crippen molar-refractivity contribution < 1.29 is 0 Å². The van der Waals surface area contributed by atoms with Crippen molar-refractivity contribution in [2.45, 2.75) is 50.9 Å². The van der Waals surface area contributed by atoms with Gasteiger partial charge in [-0.15, -0.1) is 0 Å². The molecule has 1 rings (SSSR count). The van der Waals surface area contributed by atoms with Crippen LogP contribution < -0.4 is 10.6 Å². The molecule has 4 heteroatoms. The monoisotopic (exact) mass is 192 g/mol. The minimum atomic E-state index is -0.370. The maximum Gasteiger partial charge on any atom is 0.114 e. The Bertz CT molecular complexity index is 273. The zero-order valence-corrected chi connectivity index (χ0v) is 9.05. The first-order valence-corrected chi connectivity index (χ1v) is 4.68. The van der Waals surface area contributed by atoms with Crippen LogP contribution in [-0.2, 0) is 0 Å². The predicted octanol–water partition coefficient (Wildman–Crippen LogP) is 0.521. The zero-order valence-electron chi connectivity index (χ0n) is 9.05. The molecule has 76 valence electrons. The molecule has 0 aromatic rings. The molecule has 1 aliphatic rings. The highest BCUT2D eigenvalue weighted by atomic mass is 15.2. The van der Waals surface area contributed by atoms with Gasteiger partial charge in [-0.2, -0.15) is 10.5 Å². The number of rotatable bonds is 0. The Morgan fingerprint density at radius 1 is 0.857 bits per heavy atom. The van der Waals surface area contributed by atoms with Gasteiger partial charge in [0.05, 0.1) is 12.1 Å². The number of hydrogen-bond acceptors (Lipinski definition) is 4. The van der Waals surface area contributed by atoms with Gasteiger partial charge < -0.3 is 0 Å². The molecule has 1 saturated heterocycles. The Labute approximate surface area is 84.9 Å². The average molecular weight is 192 g/mol. The Balaban J connectivity index is 2.96. The van der Waals surface area contributed by atoms with Crippen LogP contribution >= 0.6 is 0 Å². The molecular formula is C10H16N4. The molecular weight excluding hydrogens is 176 g/mol. The Kier molecular flexibility index (Phi) is 2.54. The van der Waals surface area contributed by atoms with E-state index in [1.165, 1.54) is 0 Å². The summed E-state index contributed by atoms with van der Waals surface area (Å²) in [6.07, 6.45) is 0. The molecule has 1 aliphatic heterocycles. The van der Waals surface area contributed by atoms with E-state index in [2.05, 4.69) is 22.8 Å². The lowest BCUT2D eigenvalue weighted by Crippen LogP contribution is -2.74. The summed E-state index contributed by atoms with van der Waals surface area (Å²) in [4.78, 5) is 0. The van der Waals surface area contributed by atoms with Crippen LogP contribution in [0, 0.1) is 22.7 Å². The van der Waals surface area contributed by atoms with E-state index in [1.54, 1.807) is 0 Å². The SMILES string of the molecule is CC1(C)NC(C#N)C(C)(C)NC1C#N. The van der Waals surface area contributed by atoms with Gasteiger partial charge in [-0.25, -0.2) is 0 Å². The molecule has 2 atom stereocenters. The van der Waals surface area contributed by atoms with E-state index in [0.29, 0.717) is 0 Å². The van der Waals surface area contributed by atoms with Gasteiger partial charge in [-0.3, -0.25) is 10.6 Å². The van der Waals surface area contributed by atoms with E-state index in [0.717, 1.165) is 0 Å². The summed E-state index contributed by atoms with van der Waals surface area (Å²) in [7, 11) is 0. The van der Waals surface area contributed by atoms with Crippen molar-refractivity contribution in [2.24, 2.45) is 0 Å². The van der Waals surface area contributed by atoms with E-state index < -0.39 is 0 Å². The van der Waals surface area contributed by atoms with E-state index >= 15 is 0 Å². The van der Waals surface area contributed by atoms with Crippen LogP contribution in [0.2, 0.25) is 0 Å². The second-order valence-electron chi connectivity index (χ2n) is 4.86. The molecule has 2 unspecified atom stereocenters. The van der Waals surface area contributed by atoms with E-state index in [4.69, 9.17) is 10.5 Å². The summed E-state index contributed by atoms with van der Waals surface area (Å²) in [6.45, 7) is 7.70. The highest BCUT2D eigenvalue weighted by Crippen LogP contribution is 2.23. The van der Waals surface area contributed by atoms with E-state index in [9.17, 15) is 0 Å². The van der Waals surface area contributed by atoms with Crippen molar-refractivity contribution in [1.82, 2.24) is 10.6 Å². The van der Waals surface area contributed by atoms with Gasteiger partial charge in [-0.05, 0) is 27.7 Å². The van der Waals surface area contributed by atoms with Crippen LogP contribution in [0.15, 0.2) is 0 Å². The molecule has 0 aromatic heterocycles. The molecule has 0 amide bonds. The maximum absolute atomic E-state index is 8.98. The lowest BCUT2D eigenvalue weighted by Gasteiger charge is -2.47. The van der Waals surface area contributed by atoms with Crippen molar-refractivity contribution in [2.75, 3.05) is 0 Å². The standard InChI is InChI=1S/C10H16N4/c1-9(2)7(5-11)14-10(3,4)8(6-12)13-9/h7-8,13-14H,1-4H3. The summed E-state index contributed by atoms with van der Waals surface area (Å²) < 4.78 is 0. The normalized spacial score (nSPS) is 34.1. The smallest absolute Gasteiger partial charge is 0.114 e. The lowest BCUT2D eigenvalue weighted by atomic mass is 9.82. The van der Waals surface area contributed by atoms with Crippen LogP contribution in [0.3, 0.4) is 0 Å². The minimum absolute atomic E-state index is 0.276. The molecule has 0 spiro atoms. The third-order valence-corrected chi connectivity index (χ3v) is 2.73. The second-order valence-corrected chi connectivity index (χ2v) is 4.86. The number of hydrogen-bond donors (Lipinski definition) is 2. The third kappa shape index (κ3) is 1.72. The third-order valence-electron chi connectivity index (χ3n) is 2.73. The topological polar surface area (TPSA) is 71.6 Å². The maximum atomic E-state index is 8.98. The molecule has 1 heterocycles. The fourth-order valence-electron chi connectivity index (χ4n) is 1.66. The first-order valence-electron chi connectivity index (χ1n) is 4.68. The molecule has 0 saturated carbocycles. The number of nitrogens with zero attached hydrogens (tertiary/aromatic N) is 2. The van der Waals surface area contributed by atoms with Gasteiger partial charge in [-0.1, -0.05) is 0 Å². The predicted molar refractivity (Wildman–Crippen MR) is 53.2 cm³/mol.